The molecule has 1 heterocycles. The van der Waals surface area contributed by atoms with Crippen LogP contribution in [0.2, 0.25) is 0 Å². The van der Waals surface area contributed by atoms with Gasteiger partial charge in [-0.1, -0.05) is 50.6 Å². The Morgan fingerprint density at radius 3 is 2.29 bits per heavy atom. The molecule has 1 aromatic heterocycles. The molecule has 31 heavy (non-hydrogen) atoms. The molecule has 0 unspecified atom stereocenters. The Kier molecular flexibility index (Phi) is 6.47. The molecule has 0 saturated heterocycles. The lowest BCUT2D eigenvalue weighted by Gasteiger charge is -2.25. The van der Waals surface area contributed by atoms with Gasteiger partial charge in [-0.25, -0.2) is 0 Å². The van der Waals surface area contributed by atoms with Gasteiger partial charge in [0, 0.05) is 39.2 Å². The predicted octanol–water partition coefficient (Wildman–Crippen LogP) is 6.34. The maximum Gasteiger partial charge on any atom is 0.311 e. The third-order valence-electron chi connectivity index (χ3n) is 5.32. The number of rotatable bonds is 6. The summed E-state index contributed by atoms with van der Waals surface area (Å²) in [5, 5.41) is 11.3. The van der Waals surface area contributed by atoms with Crippen molar-refractivity contribution < 1.29 is 14.6 Å². The first-order chi connectivity index (χ1) is 14.4. The number of methoxy groups -OCH3 is 1. The second-order valence-corrected chi connectivity index (χ2v) is 11.7. The lowest BCUT2D eigenvalue weighted by atomic mass is 9.87. The summed E-state index contributed by atoms with van der Waals surface area (Å²) < 4.78 is 7.36. The lowest BCUT2D eigenvalue weighted by molar-refractivity contribution is -0.150. The molecule has 0 atom stereocenters. The molecule has 0 radical (unpaired) electrons. The number of fused-ring (bicyclic) bond motifs is 1. The number of aromatic hydroxyl groups is 1. The molecule has 166 valence electrons. The zero-order valence-corrected chi connectivity index (χ0v) is 20.4. The highest BCUT2D eigenvalue weighted by Crippen LogP contribution is 2.44. The largest absolute Gasteiger partial charge is 0.508 e. The van der Waals surface area contributed by atoms with Crippen molar-refractivity contribution in [2.75, 3.05) is 7.11 Å². The minimum atomic E-state index is -0.677. The fourth-order valence-corrected chi connectivity index (χ4v) is 4.97. The van der Waals surface area contributed by atoms with Crippen molar-refractivity contribution in [1.82, 2.24) is 4.57 Å². The SMILES string of the molecule is COC(=O)C(C)(C)Cc1c(SC(C)(C)C)c2cc(O)ccc2n1Cc1ccc(C)cc1. The van der Waals surface area contributed by atoms with Gasteiger partial charge in [0.2, 0.25) is 0 Å². The van der Waals surface area contributed by atoms with Gasteiger partial charge in [0.15, 0.2) is 0 Å². The number of hydrogen-bond acceptors (Lipinski definition) is 4. The highest BCUT2D eigenvalue weighted by molar-refractivity contribution is 8.00. The van der Waals surface area contributed by atoms with Crippen LogP contribution in [0.25, 0.3) is 10.9 Å². The monoisotopic (exact) mass is 439 g/mol. The summed E-state index contributed by atoms with van der Waals surface area (Å²) in [6.07, 6.45) is 0.541. The van der Waals surface area contributed by atoms with Crippen LogP contribution >= 0.6 is 11.8 Å². The van der Waals surface area contributed by atoms with Crippen molar-refractivity contribution in [3.8, 4) is 5.75 Å². The van der Waals surface area contributed by atoms with E-state index in [2.05, 4.69) is 56.5 Å². The van der Waals surface area contributed by atoms with E-state index in [-0.39, 0.29) is 16.5 Å². The van der Waals surface area contributed by atoms with E-state index >= 15 is 0 Å². The van der Waals surface area contributed by atoms with Crippen molar-refractivity contribution in [2.24, 2.45) is 5.41 Å². The van der Waals surface area contributed by atoms with E-state index in [0.717, 1.165) is 21.5 Å². The van der Waals surface area contributed by atoms with Gasteiger partial charge in [0.1, 0.15) is 5.75 Å². The number of carbonyl (C=O) groups is 1. The molecular formula is C26H33NO3S. The molecule has 4 nitrogen and oxygen atoms in total. The summed E-state index contributed by atoms with van der Waals surface area (Å²) in [6, 6.07) is 14.1. The number of nitrogens with zero attached hydrogens (tertiary/aromatic N) is 1. The van der Waals surface area contributed by atoms with Crippen LogP contribution < -0.4 is 0 Å². The molecule has 0 bridgehead atoms. The van der Waals surface area contributed by atoms with Crippen LogP contribution in [0.15, 0.2) is 47.4 Å². The van der Waals surface area contributed by atoms with E-state index in [9.17, 15) is 9.90 Å². The van der Waals surface area contributed by atoms with E-state index < -0.39 is 5.41 Å². The van der Waals surface area contributed by atoms with Gasteiger partial charge in [0.25, 0.3) is 0 Å². The number of thioether (sulfide) groups is 1. The van der Waals surface area contributed by atoms with Crippen LogP contribution in [0.3, 0.4) is 0 Å². The fraction of sp³-hybridized carbons (Fsp3) is 0.423. The van der Waals surface area contributed by atoms with Crippen LogP contribution in [-0.4, -0.2) is 27.5 Å². The zero-order valence-electron chi connectivity index (χ0n) is 19.6. The number of aromatic nitrogens is 1. The Hall–Kier alpha value is -2.40. The third kappa shape index (κ3) is 5.27. The molecule has 0 amide bonds. The first-order valence-corrected chi connectivity index (χ1v) is 11.4. The Bertz CT molecular complexity index is 1090. The fourth-order valence-electron chi connectivity index (χ4n) is 3.78. The van der Waals surface area contributed by atoms with Gasteiger partial charge < -0.3 is 14.4 Å². The molecule has 2 aromatic carbocycles. The predicted molar refractivity (Wildman–Crippen MR) is 129 cm³/mol. The smallest absolute Gasteiger partial charge is 0.311 e. The van der Waals surface area contributed by atoms with E-state index in [1.807, 2.05) is 26.0 Å². The van der Waals surface area contributed by atoms with Gasteiger partial charge in [-0.15, -0.1) is 11.8 Å². The van der Waals surface area contributed by atoms with Gasteiger partial charge in [-0.2, -0.15) is 0 Å². The number of aryl methyl sites for hydroxylation is 1. The van der Waals surface area contributed by atoms with Gasteiger partial charge in [-0.3, -0.25) is 4.79 Å². The van der Waals surface area contributed by atoms with Gasteiger partial charge in [-0.05, 0) is 44.5 Å². The number of ether oxygens (including phenoxy) is 1. The summed E-state index contributed by atoms with van der Waals surface area (Å²) >= 11 is 1.78. The number of esters is 1. The number of phenolic OH excluding ortho intramolecular Hbond substituents is 1. The molecular weight excluding hydrogens is 406 g/mol. The average Bonchev–Trinajstić information content (AvgIpc) is 2.93. The first kappa shape index (κ1) is 23.3. The maximum absolute atomic E-state index is 12.5. The maximum atomic E-state index is 12.5. The van der Waals surface area contributed by atoms with Crippen molar-refractivity contribution in [2.45, 2.75) is 64.2 Å². The molecule has 3 rings (SSSR count). The van der Waals surface area contributed by atoms with Crippen molar-refractivity contribution in [3.05, 3.63) is 59.3 Å². The Morgan fingerprint density at radius 2 is 1.71 bits per heavy atom. The zero-order chi connectivity index (χ0) is 23.0. The van der Waals surface area contributed by atoms with Crippen LogP contribution in [0, 0.1) is 12.3 Å². The summed E-state index contributed by atoms with van der Waals surface area (Å²) in [7, 11) is 1.44. The van der Waals surface area contributed by atoms with E-state index in [0.29, 0.717) is 13.0 Å². The summed E-state index contributed by atoms with van der Waals surface area (Å²) in [5.74, 6) is 0.0173. The molecule has 3 aromatic rings. The van der Waals surface area contributed by atoms with Crippen LogP contribution in [0.1, 0.15) is 51.4 Å². The highest BCUT2D eigenvalue weighted by atomic mass is 32.2. The minimum Gasteiger partial charge on any atom is -0.508 e. The van der Waals surface area contributed by atoms with Crippen molar-refractivity contribution in [1.29, 1.82) is 0 Å². The number of phenols is 1. The number of benzene rings is 2. The van der Waals surface area contributed by atoms with Crippen molar-refractivity contribution in [3.63, 3.8) is 0 Å². The normalized spacial score (nSPS) is 12.4. The first-order valence-electron chi connectivity index (χ1n) is 10.6. The van der Waals surface area contributed by atoms with E-state index in [1.54, 1.807) is 17.8 Å². The summed E-state index contributed by atoms with van der Waals surface area (Å²) in [4.78, 5) is 13.6. The molecule has 0 aliphatic carbocycles. The average molecular weight is 440 g/mol. The number of hydrogen-bond donors (Lipinski definition) is 1. The lowest BCUT2D eigenvalue weighted by Crippen LogP contribution is -2.29. The third-order valence-corrected chi connectivity index (χ3v) is 6.59. The molecule has 5 heteroatoms. The second-order valence-electron chi connectivity index (χ2n) is 9.82. The topological polar surface area (TPSA) is 51.5 Å². The molecule has 0 fully saturated rings. The van der Waals surface area contributed by atoms with Crippen molar-refractivity contribution >= 4 is 28.6 Å². The van der Waals surface area contributed by atoms with Crippen LogP contribution in [-0.2, 0) is 22.5 Å². The Labute approximate surface area is 189 Å². The Morgan fingerprint density at radius 1 is 1.06 bits per heavy atom. The van der Waals surface area contributed by atoms with Gasteiger partial charge >= 0.3 is 5.97 Å². The number of carbonyl (C=O) groups excluding carboxylic acids is 1. The van der Waals surface area contributed by atoms with Crippen LogP contribution in [0.5, 0.6) is 5.75 Å². The second kappa shape index (κ2) is 8.62. The summed E-state index contributed by atoms with van der Waals surface area (Å²) in [5.41, 5.74) is 3.89. The molecule has 0 aliphatic heterocycles. The summed E-state index contributed by atoms with van der Waals surface area (Å²) in [6.45, 7) is 13.2. The molecule has 1 N–H and O–H groups in total. The molecule has 0 saturated carbocycles. The Balaban J connectivity index is 2.25. The van der Waals surface area contributed by atoms with Gasteiger partial charge in [0.05, 0.1) is 12.5 Å². The van der Waals surface area contributed by atoms with E-state index in [1.165, 1.54) is 18.2 Å². The quantitative estimate of drug-likeness (QED) is 0.360. The van der Waals surface area contributed by atoms with Crippen LogP contribution in [0.4, 0.5) is 0 Å². The molecule has 0 spiro atoms. The van der Waals surface area contributed by atoms with E-state index in [4.69, 9.17) is 4.74 Å². The standard InChI is InChI=1S/C26H33NO3S/c1-17-8-10-18(11-9-17)16-27-21-13-12-19(28)14-20(21)23(31-25(2,3)4)22(27)15-26(5,6)24(29)30-7/h8-14,28H,15-16H2,1-7H3. The highest BCUT2D eigenvalue weighted by Gasteiger charge is 2.33. The minimum absolute atomic E-state index is 0.0292. The molecule has 0 aliphatic rings.